The van der Waals surface area contributed by atoms with E-state index in [1.165, 1.54) is 19.9 Å². The third kappa shape index (κ3) is 4.95. The lowest BCUT2D eigenvalue weighted by molar-refractivity contribution is 0.266. The maximum absolute atomic E-state index is 11.7. The Morgan fingerprint density at radius 1 is 1.33 bits per heavy atom. The van der Waals surface area contributed by atoms with Crippen molar-refractivity contribution < 1.29 is 8.42 Å². The first kappa shape index (κ1) is 18.7. The van der Waals surface area contributed by atoms with Gasteiger partial charge < -0.3 is 10.2 Å². The van der Waals surface area contributed by atoms with Crippen molar-refractivity contribution in [1.29, 1.82) is 0 Å². The first-order chi connectivity index (χ1) is 11.5. The number of nitrogens with one attached hydrogen (secondary N) is 2. The van der Waals surface area contributed by atoms with Crippen LogP contribution in [0, 0.1) is 5.92 Å². The maximum Gasteiger partial charge on any atom is 0.240 e. The molecule has 0 radical (unpaired) electrons. The highest BCUT2D eigenvalue weighted by molar-refractivity contribution is 7.89. The second-order valence-corrected chi connectivity index (χ2v) is 8.10. The molecular formula is C17H28N4O2S. The van der Waals surface area contributed by atoms with E-state index >= 15 is 0 Å². The number of benzene rings is 1. The number of aliphatic imine (C=N–C) groups is 1. The van der Waals surface area contributed by atoms with Crippen molar-refractivity contribution in [2.24, 2.45) is 10.9 Å². The molecule has 24 heavy (non-hydrogen) atoms. The van der Waals surface area contributed by atoms with Crippen LogP contribution in [0.2, 0.25) is 0 Å². The zero-order valence-electron chi connectivity index (χ0n) is 14.7. The Hall–Kier alpha value is -1.60. The second-order valence-electron chi connectivity index (χ2n) is 6.22. The van der Waals surface area contributed by atoms with Crippen LogP contribution in [0.3, 0.4) is 0 Å². The maximum atomic E-state index is 11.7. The van der Waals surface area contributed by atoms with Crippen LogP contribution >= 0.6 is 0 Å². The van der Waals surface area contributed by atoms with Gasteiger partial charge in [-0.15, -0.1) is 0 Å². The summed E-state index contributed by atoms with van der Waals surface area (Å²) in [5.74, 6) is 1.63. The lowest BCUT2D eigenvalue weighted by Crippen LogP contribution is -2.46. The van der Waals surface area contributed by atoms with Gasteiger partial charge >= 0.3 is 0 Å². The van der Waals surface area contributed by atoms with Crippen LogP contribution in [0.1, 0.15) is 32.3 Å². The number of nitrogens with zero attached hydrogens (tertiary/aromatic N) is 2. The molecule has 2 rings (SSSR count). The molecule has 0 amide bonds. The molecule has 0 bridgehead atoms. The Kier molecular flexibility index (Phi) is 6.62. The van der Waals surface area contributed by atoms with E-state index in [9.17, 15) is 8.42 Å². The fraction of sp³-hybridized carbons (Fsp3) is 0.588. The molecule has 1 aliphatic heterocycles. The quantitative estimate of drug-likeness (QED) is 0.626. The first-order valence-electron chi connectivity index (χ1n) is 8.52. The van der Waals surface area contributed by atoms with Crippen molar-refractivity contribution in [1.82, 2.24) is 14.9 Å². The van der Waals surface area contributed by atoms with Crippen molar-refractivity contribution in [3.8, 4) is 0 Å². The van der Waals surface area contributed by atoms with E-state index in [1.54, 1.807) is 12.1 Å². The largest absolute Gasteiger partial charge is 0.357 e. The van der Waals surface area contributed by atoms with Gasteiger partial charge in [-0.05, 0) is 50.4 Å². The van der Waals surface area contributed by atoms with Gasteiger partial charge in [-0.1, -0.05) is 19.1 Å². The van der Waals surface area contributed by atoms with Crippen LogP contribution in [-0.4, -0.2) is 46.0 Å². The van der Waals surface area contributed by atoms with Crippen LogP contribution in [0.15, 0.2) is 34.2 Å². The predicted molar refractivity (Wildman–Crippen MR) is 97.5 cm³/mol. The monoisotopic (exact) mass is 352 g/mol. The molecule has 1 atom stereocenters. The van der Waals surface area contributed by atoms with Crippen molar-refractivity contribution in [3.05, 3.63) is 29.8 Å². The average molecular weight is 353 g/mol. The number of rotatable bonds is 5. The van der Waals surface area contributed by atoms with E-state index in [2.05, 4.69) is 28.8 Å². The lowest BCUT2D eigenvalue weighted by Gasteiger charge is -2.33. The van der Waals surface area contributed by atoms with Gasteiger partial charge in [-0.3, -0.25) is 0 Å². The predicted octanol–water partition coefficient (Wildman–Crippen LogP) is 1.79. The minimum atomic E-state index is -3.38. The SMILES string of the molecule is CCNC(=NCc1ccc(S(=O)(=O)NC)cc1)N1CCCC(C)C1. The molecule has 1 saturated heterocycles. The van der Waals surface area contributed by atoms with Crippen LogP contribution in [0.5, 0.6) is 0 Å². The summed E-state index contributed by atoms with van der Waals surface area (Å²) in [5, 5.41) is 3.36. The number of hydrogen-bond acceptors (Lipinski definition) is 3. The number of sulfonamides is 1. The molecule has 134 valence electrons. The average Bonchev–Trinajstić information content (AvgIpc) is 2.59. The number of piperidine rings is 1. The van der Waals surface area contributed by atoms with Crippen LogP contribution in [-0.2, 0) is 16.6 Å². The molecule has 1 unspecified atom stereocenters. The first-order valence-corrected chi connectivity index (χ1v) is 10.0. The fourth-order valence-electron chi connectivity index (χ4n) is 2.87. The van der Waals surface area contributed by atoms with E-state index in [0.29, 0.717) is 12.5 Å². The van der Waals surface area contributed by atoms with Gasteiger partial charge in [0.2, 0.25) is 10.0 Å². The highest BCUT2D eigenvalue weighted by Crippen LogP contribution is 2.16. The van der Waals surface area contributed by atoms with E-state index in [0.717, 1.165) is 31.2 Å². The summed E-state index contributed by atoms with van der Waals surface area (Å²) >= 11 is 0. The molecule has 1 fully saturated rings. The van der Waals surface area contributed by atoms with Gasteiger partial charge in [0.25, 0.3) is 0 Å². The van der Waals surface area contributed by atoms with Crippen molar-refractivity contribution in [2.45, 2.75) is 38.1 Å². The fourth-order valence-corrected chi connectivity index (χ4v) is 3.60. The van der Waals surface area contributed by atoms with E-state index in [4.69, 9.17) is 4.99 Å². The molecule has 0 spiro atoms. The van der Waals surface area contributed by atoms with Gasteiger partial charge in [0.05, 0.1) is 11.4 Å². The van der Waals surface area contributed by atoms with Gasteiger partial charge in [0.1, 0.15) is 0 Å². The van der Waals surface area contributed by atoms with Crippen molar-refractivity contribution in [3.63, 3.8) is 0 Å². The highest BCUT2D eigenvalue weighted by atomic mass is 32.2. The summed E-state index contributed by atoms with van der Waals surface area (Å²) in [4.78, 5) is 7.31. The topological polar surface area (TPSA) is 73.8 Å². The van der Waals surface area contributed by atoms with Crippen LogP contribution in [0.25, 0.3) is 0 Å². The molecule has 1 aromatic rings. The van der Waals surface area contributed by atoms with E-state index < -0.39 is 10.0 Å². The van der Waals surface area contributed by atoms with Crippen molar-refractivity contribution >= 4 is 16.0 Å². The normalized spacial score (nSPS) is 19.4. The minimum absolute atomic E-state index is 0.273. The zero-order chi connectivity index (χ0) is 17.6. The second kappa shape index (κ2) is 8.48. The Balaban J connectivity index is 2.08. The number of likely N-dealkylation sites (tertiary alicyclic amines) is 1. The lowest BCUT2D eigenvalue weighted by atomic mass is 10.0. The van der Waals surface area contributed by atoms with Crippen molar-refractivity contribution in [2.75, 3.05) is 26.7 Å². The summed E-state index contributed by atoms with van der Waals surface area (Å²) < 4.78 is 25.8. The standard InChI is InChI=1S/C17H28N4O2S/c1-4-19-17(21-11-5-6-14(2)13-21)20-12-15-7-9-16(10-8-15)24(22,23)18-3/h7-10,14,18H,4-6,11-13H2,1-3H3,(H,19,20). The summed E-state index contributed by atoms with van der Waals surface area (Å²) in [6, 6.07) is 6.87. The van der Waals surface area contributed by atoms with Crippen LogP contribution < -0.4 is 10.0 Å². The Morgan fingerprint density at radius 2 is 2.04 bits per heavy atom. The van der Waals surface area contributed by atoms with E-state index in [-0.39, 0.29) is 4.90 Å². The summed E-state index contributed by atoms with van der Waals surface area (Å²) in [6.45, 7) is 7.79. The Labute approximate surface area is 145 Å². The third-order valence-corrected chi connectivity index (χ3v) is 5.64. The molecule has 1 aromatic carbocycles. The van der Waals surface area contributed by atoms with Gasteiger partial charge in [0.15, 0.2) is 5.96 Å². The van der Waals surface area contributed by atoms with Gasteiger partial charge in [0, 0.05) is 19.6 Å². The molecule has 0 aromatic heterocycles. The molecule has 1 aliphatic rings. The molecule has 6 nitrogen and oxygen atoms in total. The summed E-state index contributed by atoms with van der Waals surface area (Å²) in [5.41, 5.74) is 0.991. The molecule has 0 aliphatic carbocycles. The molecule has 1 heterocycles. The van der Waals surface area contributed by atoms with Crippen LogP contribution in [0.4, 0.5) is 0 Å². The highest BCUT2D eigenvalue weighted by Gasteiger charge is 2.19. The molecule has 2 N–H and O–H groups in total. The molecule has 7 heteroatoms. The third-order valence-electron chi connectivity index (χ3n) is 4.21. The molecular weight excluding hydrogens is 324 g/mol. The smallest absolute Gasteiger partial charge is 0.240 e. The Morgan fingerprint density at radius 3 is 2.62 bits per heavy atom. The Bertz CT molecular complexity index is 656. The van der Waals surface area contributed by atoms with Gasteiger partial charge in [-0.25, -0.2) is 18.1 Å². The summed E-state index contributed by atoms with van der Waals surface area (Å²) in [7, 11) is -1.97. The number of hydrogen-bond donors (Lipinski definition) is 2. The van der Waals surface area contributed by atoms with E-state index in [1.807, 2.05) is 12.1 Å². The van der Waals surface area contributed by atoms with Gasteiger partial charge in [-0.2, -0.15) is 0 Å². The number of guanidine groups is 1. The minimum Gasteiger partial charge on any atom is -0.357 e. The summed E-state index contributed by atoms with van der Waals surface area (Å²) in [6.07, 6.45) is 2.47. The molecule has 0 saturated carbocycles. The zero-order valence-corrected chi connectivity index (χ0v) is 15.6.